The van der Waals surface area contributed by atoms with Gasteiger partial charge in [0.05, 0.1) is 16.6 Å². The van der Waals surface area contributed by atoms with Crippen LogP contribution in [0.25, 0.3) is 0 Å². The number of anilines is 1. The number of amides is 2. The normalized spacial score (nSPS) is 11.6. The topological polar surface area (TPSA) is 75.4 Å². The molecule has 6 heteroatoms. The third kappa shape index (κ3) is 4.08. The van der Waals surface area contributed by atoms with Crippen LogP contribution in [0.5, 0.6) is 0 Å². The number of hydrogen-bond donors (Lipinski definition) is 2. The largest absolute Gasteiger partial charge is 0.345 e. The van der Waals surface area contributed by atoms with Gasteiger partial charge in [0.15, 0.2) is 0 Å². The number of nitrogens with one attached hydrogen (secondary N) is 1. The predicted molar refractivity (Wildman–Crippen MR) is 80.9 cm³/mol. The molecule has 0 spiro atoms. The van der Waals surface area contributed by atoms with E-state index < -0.39 is 6.04 Å². The first-order valence-electron chi connectivity index (χ1n) is 6.05. The number of hydrogen-bond acceptors (Lipinski definition) is 3. The number of carbonyl (C=O) groups is 2. The molecule has 0 saturated heterocycles. The minimum atomic E-state index is -0.670. The lowest BCUT2D eigenvalue weighted by Gasteiger charge is -2.14. The van der Waals surface area contributed by atoms with Crippen LogP contribution in [0.4, 0.5) is 5.69 Å². The smallest absolute Gasteiger partial charge is 0.254 e. The Balaban J connectivity index is 2.93. The summed E-state index contributed by atoms with van der Waals surface area (Å²) in [5.74, 6) is -0.572. The average molecular weight is 296 g/mol. The SMILES string of the molecule is C=CCC(N)C(=O)Nc1ccc(Cl)c(C(=O)N(C)C)c1. The molecule has 0 aliphatic rings. The molecule has 0 bridgehead atoms. The first-order valence-corrected chi connectivity index (χ1v) is 6.43. The van der Waals surface area contributed by atoms with Crippen molar-refractivity contribution in [1.29, 1.82) is 0 Å². The lowest BCUT2D eigenvalue weighted by molar-refractivity contribution is -0.117. The van der Waals surface area contributed by atoms with Gasteiger partial charge in [-0.25, -0.2) is 0 Å². The van der Waals surface area contributed by atoms with E-state index in [1.165, 1.54) is 11.0 Å². The van der Waals surface area contributed by atoms with E-state index in [0.717, 1.165) is 0 Å². The van der Waals surface area contributed by atoms with Gasteiger partial charge in [-0.1, -0.05) is 17.7 Å². The number of halogens is 1. The lowest BCUT2D eigenvalue weighted by Crippen LogP contribution is -2.35. The van der Waals surface area contributed by atoms with Crippen LogP contribution in [0.1, 0.15) is 16.8 Å². The standard InChI is InChI=1S/C14H18ClN3O2/c1-4-5-12(16)13(19)17-9-6-7-11(15)10(8-9)14(20)18(2)3/h4,6-8,12H,1,5,16H2,2-3H3,(H,17,19). The fourth-order valence-corrected chi connectivity index (χ4v) is 1.73. The van der Waals surface area contributed by atoms with E-state index in [9.17, 15) is 9.59 Å². The summed E-state index contributed by atoms with van der Waals surface area (Å²) in [6, 6.07) is 4.04. The predicted octanol–water partition coefficient (Wildman–Crippen LogP) is 1.88. The summed E-state index contributed by atoms with van der Waals surface area (Å²) in [7, 11) is 3.26. The van der Waals surface area contributed by atoms with E-state index in [0.29, 0.717) is 22.7 Å². The fraction of sp³-hybridized carbons (Fsp3) is 0.286. The van der Waals surface area contributed by atoms with Crippen molar-refractivity contribution in [2.24, 2.45) is 5.73 Å². The van der Waals surface area contributed by atoms with Gasteiger partial charge >= 0.3 is 0 Å². The van der Waals surface area contributed by atoms with Gasteiger partial charge in [-0.15, -0.1) is 6.58 Å². The molecule has 0 heterocycles. The summed E-state index contributed by atoms with van der Waals surface area (Å²) in [5.41, 5.74) is 6.47. The number of carbonyl (C=O) groups excluding carboxylic acids is 2. The zero-order chi connectivity index (χ0) is 15.3. The second kappa shape index (κ2) is 7.07. The molecule has 108 valence electrons. The Morgan fingerprint density at radius 3 is 2.70 bits per heavy atom. The number of rotatable bonds is 5. The van der Waals surface area contributed by atoms with Gasteiger partial charge in [0, 0.05) is 19.8 Å². The van der Waals surface area contributed by atoms with Crippen molar-refractivity contribution in [3.8, 4) is 0 Å². The van der Waals surface area contributed by atoms with Crippen molar-refractivity contribution in [3.63, 3.8) is 0 Å². The van der Waals surface area contributed by atoms with E-state index in [-0.39, 0.29) is 11.8 Å². The molecular weight excluding hydrogens is 278 g/mol. The molecule has 5 nitrogen and oxygen atoms in total. The summed E-state index contributed by atoms with van der Waals surface area (Å²) in [6.45, 7) is 3.53. The highest BCUT2D eigenvalue weighted by molar-refractivity contribution is 6.34. The molecule has 1 aromatic rings. The molecule has 2 amide bonds. The van der Waals surface area contributed by atoms with E-state index >= 15 is 0 Å². The Morgan fingerprint density at radius 1 is 1.50 bits per heavy atom. The zero-order valence-corrected chi connectivity index (χ0v) is 12.3. The van der Waals surface area contributed by atoms with Gasteiger partial charge in [-0.2, -0.15) is 0 Å². The molecule has 3 N–H and O–H groups in total. The second-order valence-corrected chi connectivity index (χ2v) is 4.92. The van der Waals surface area contributed by atoms with Gasteiger partial charge < -0.3 is 16.0 Å². The summed E-state index contributed by atoms with van der Waals surface area (Å²) in [5, 5.41) is 2.98. The molecule has 20 heavy (non-hydrogen) atoms. The quantitative estimate of drug-likeness (QED) is 0.815. The number of nitrogens with zero attached hydrogens (tertiary/aromatic N) is 1. The van der Waals surface area contributed by atoms with Crippen LogP contribution in [0.3, 0.4) is 0 Å². The van der Waals surface area contributed by atoms with Crippen LogP contribution in [-0.4, -0.2) is 36.9 Å². The lowest BCUT2D eigenvalue weighted by atomic mass is 10.1. The molecule has 0 aromatic heterocycles. The van der Waals surface area contributed by atoms with Crippen LogP contribution in [0, 0.1) is 0 Å². The van der Waals surface area contributed by atoms with Crippen LogP contribution in [-0.2, 0) is 4.79 Å². The van der Waals surface area contributed by atoms with Crippen molar-refractivity contribution in [2.75, 3.05) is 19.4 Å². The van der Waals surface area contributed by atoms with E-state index in [2.05, 4.69) is 11.9 Å². The van der Waals surface area contributed by atoms with E-state index in [4.69, 9.17) is 17.3 Å². The highest BCUT2D eigenvalue weighted by Crippen LogP contribution is 2.21. The third-order valence-corrected chi connectivity index (χ3v) is 2.96. The molecule has 0 radical (unpaired) electrons. The maximum atomic E-state index is 11.9. The van der Waals surface area contributed by atoms with Crippen LogP contribution >= 0.6 is 11.6 Å². The minimum Gasteiger partial charge on any atom is -0.345 e. The van der Waals surface area contributed by atoms with Crippen molar-refractivity contribution < 1.29 is 9.59 Å². The Hall–Kier alpha value is -1.85. The molecule has 0 saturated carbocycles. The Labute approximate surface area is 123 Å². The van der Waals surface area contributed by atoms with Gasteiger partial charge in [0.25, 0.3) is 5.91 Å². The van der Waals surface area contributed by atoms with Gasteiger partial charge in [-0.3, -0.25) is 9.59 Å². The molecule has 1 aromatic carbocycles. The maximum Gasteiger partial charge on any atom is 0.254 e. The van der Waals surface area contributed by atoms with Crippen LogP contribution in [0.15, 0.2) is 30.9 Å². The third-order valence-electron chi connectivity index (χ3n) is 2.63. The maximum absolute atomic E-state index is 11.9. The van der Waals surface area contributed by atoms with E-state index in [1.807, 2.05) is 0 Å². The molecule has 0 fully saturated rings. The van der Waals surface area contributed by atoms with Crippen molar-refractivity contribution >= 4 is 29.1 Å². The van der Waals surface area contributed by atoms with Crippen molar-refractivity contribution in [3.05, 3.63) is 41.4 Å². The van der Waals surface area contributed by atoms with Crippen LogP contribution in [0.2, 0.25) is 5.02 Å². The van der Waals surface area contributed by atoms with Crippen LogP contribution < -0.4 is 11.1 Å². The monoisotopic (exact) mass is 295 g/mol. The first kappa shape index (κ1) is 16.2. The zero-order valence-electron chi connectivity index (χ0n) is 11.5. The Morgan fingerprint density at radius 2 is 2.15 bits per heavy atom. The molecule has 1 atom stereocenters. The molecular formula is C14H18ClN3O2. The van der Waals surface area contributed by atoms with Gasteiger partial charge in [-0.05, 0) is 24.6 Å². The minimum absolute atomic E-state index is 0.235. The molecule has 0 aliphatic heterocycles. The average Bonchev–Trinajstić information content (AvgIpc) is 2.40. The number of nitrogens with two attached hydrogens (primary N) is 1. The highest BCUT2D eigenvalue weighted by atomic mass is 35.5. The summed E-state index contributed by atoms with van der Waals surface area (Å²) < 4.78 is 0. The first-order chi connectivity index (χ1) is 9.36. The fourth-order valence-electron chi connectivity index (χ4n) is 1.53. The van der Waals surface area contributed by atoms with Crippen molar-refractivity contribution in [1.82, 2.24) is 4.90 Å². The number of benzene rings is 1. The molecule has 0 aliphatic carbocycles. The van der Waals surface area contributed by atoms with Gasteiger partial charge in [0.2, 0.25) is 5.91 Å². The van der Waals surface area contributed by atoms with E-state index in [1.54, 1.807) is 32.3 Å². The Bertz CT molecular complexity index is 529. The second-order valence-electron chi connectivity index (χ2n) is 4.51. The summed E-state index contributed by atoms with van der Waals surface area (Å²) in [6.07, 6.45) is 1.95. The molecule has 1 rings (SSSR count). The summed E-state index contributed by atoms with van der Waals surface area (Å²) in [4.78, 5) is 25.1. The van der Waals surface area contributed by atoms with Crippen molar-refractivity contribution in [2.45, 2.75) is 12.5 Å². The Kier molecular flexibility index (Phi) is 5.73. The summed E-state index contributed by atoms with van der Waals surface area (Å²) >= 11 is 5.99. The molecule has 1 unspecified atom stereocenters. The highest BCUT2D eigenvalue weighted by Gasteiger charge is 2.16. The van der Waals surface area contributed by atoms with Gasteiger partial charge in [0.1, 0.15) is 0 Å².